The summed E-state index contributed by atoms with van der Waals surface area (Å²) < 4.78 is 5.57. The minimum atomic E-state index is 0.0584. The Morgan fingerprint density at radius 3 is 2.61 bits per heavy atom. The van der Waals surface area contributed by atoms with Gasteiger partial charge in [-0.2, -0.15) is 0 Å². The van der Waals surface area contributed by atoms with Crippen molar-refractivity contribution in [2.24, 2.45) is 0 Å². The standard InChI is InChI=1S/C26H29ClN2O2/c1-3-19(16-30)28-15-18-13-14-24(29-26(18)31-2)23-12-6-11-22(25(23)27)21-10-5-8-17-7-4-9-20(17)21/h5-6,8,10-14,19,28,30H,3-4,7,9,15-16H2,1-2H3. The number of hydrogen-bond donors (Lipinski definition) is 2. The summed E-state index contributed by atoms with van der Waals surface area (Å²) in [7, 11) is 1.63. The van der Waals surface area contributed by atoms with Crippen molar-refractivity contribution in [3.63, 3.8) is 0 Å². The van der Waals surface area contributed by atoms with Gasteiger partial charge in [-0.25, -0.2) is 4.98 Å². The molecule has 0 fully saturated rings. The van der Waals surface area contributed by atoms with E-state index in [0.29, 0.717) is 12.4 Å². The van der Waals surface area contributed by atoms with Gasteiger partial charge in [0.2, 0.25) is 5.88 Å². The van der Waals surface area contributed by atoms with Gasteiger partial charge in [-0.05, 0) is 48.4 Å². The normalized spacial score (nSPS) is 13.8. The number of aliphatic hydroxyl groups is 1. The minimum absolute atomic E-state index is 0.0584. The van der Waals surface area contributed by atoms with Crippen molar-refractivity contribution in [2.45, 2.75) is 45.2 Å². The van der Waals surface area contributed by atoms with Crippen molar-refractivity contribution in [1.82, 2.24) is 10.3 Å². The zero-order chi connectivity index (χ0) is 21.8. The molecule has 1 atom stereocenters. The van der Waals surface area contributed by atoms with Crippen LogP contribution in [0.3, 0.4) is 0 Å². The molecule has 0 aliphatic heterocycles. The van der Waals surface area contributed by atoms with Crippen molar-refractivity contribution in [3.05, 3.63) is 70.2 Å². The van der Waals surface area contributed by atoms with Crippen molar-refractivity contribution in [3.8, 4) is 28.3 Å². The number of methoxy groups -OCH3 is 1. The van der Waals surface area contributed by atoms with E-state index in [2.05, 4.69) is 29.6 Å². The molecule has 2 N–H and O–H groups in total. The predicted molar refractivity (Wildman–Crippen MR) is 127 cm³/mol. The number of ether oxygens (including phenoxy) is 1. The molecule has 3 aromatic rings. The Morgan fingerprint density at radius 1 is 1.06 bits per heavy atom. The summed E-state index contributed by atoms with van der Waals surface area (Å²) in [6, 6.07) is 16.7. The highest BCUT2D eigenvalue weighted by atomic mass is 35.5. The van der Waals surface area contributed by atoms with E-state index in [-0.39, 0.29) is 12.6 Å². The molecule has 1 aliphatic carbocycles. The maximum Gasteiger partial charge on any atom is 0.218 e. The van der Waals surface area contributed by atoms with Crippen LogP contribution >= 0.6 is 11.6 Å². The van der Waals surface area contributed by atoms with E-state index in [9.17, 15) is 5.11 Å². The monoisotopic (exact) mass is 436 g/mol. The number of pyridine rings is 1. The van der Waals surface area contributed by atoms with Crippen LogP contribution < -0.4 is 10.1 Å². The molecular weight excluding hydrogens is 408 g/mol. The first-order chi connectivity index (χ1) is 15.2. The van der Waals surface area contributed by atoms with Crippen molar-refractivity contribution >= 4 is 11.6 Å². The lowest BCUT2D eigenvalue weighted by Gasteiger charge is -2.16. The Kier molecular flexibility index (Phi) is 6.91. The number of halogens is 1. The lowest BCUT2D eigenvalue weighted by molar-refractivity contribution is 0.237. The Bertz CT molecular complexity index is 1060. The molecule has 2 aromatic carbocycles. The molecule has 0 saturated carbocycles. The highest BCUT2D eigenvalue weighted by molar-refractivity contribution is 6.36. The predicted octanol–water partition coefficient (Wildman–Crippen LogP) is 5.43. The topological polar surface area (TPSA) is 54.4 Å². The second kappa shape index (κ2) is 9.82. The molecule has 0 saturated heterocycles. The quantitative estimate of drug-likeness (QED) is 0.494. The first kappa shape index (κ1) is 21.8. The first-order valence-electron chi connectivity index (χ1n) is 10.9. The number of hydrogen-bond acceptors (Lipinski definition) is 4. The van der Waals surface area contributed by atoms with Crippen LogP contribution in [0.1, 0.15) is 36.5 Å². The van der Waals surface area contributed by atoms with E-state index in [1.54, 1.807) is 7.11 Å². The number of nitrogens with one attached hydrogen (secondary N) is 1. The van der Waals surface area contributed by atoms with Crippen LogP contribution in [0.2, 0.25) is 5.02 Å². The maximum atomic E-state index is 9.41. The molecule has 4 nitrogen and oxygen atoms in total. The van der Waals surface area contributed by atoms with Gasteiger partial charge in [0.15, 0.2) is 0 Å². The Hall–Kier alpha value is -2.40. The van der Waals surface area contributed by atoms with E-state index < -0.39 is 0 Å². The molecule has 1 heterocycles. The molecule has 5 heteroatoms. The van der Waals surface area contributed by atoms with Gasteiger partial charge >= 0.3 is 0 Å². The van der Waals surface area contributed by atoms with Gasteiger partial charge in [0.25, 0.3) is 0 Å². The number of aromatic nitrogens is 1. The largest absolute Gasteiger partial charge is 0.481 e. The second-order valence-electron chi connectivity index (χ2n) is 8.00. The SMILES string of the molecule is CCC(CO)NCc1ccc(-c2cccc(-c3cccc4c3CCC4)c2Cl)nc1OC. The van der Waals surface area contributed by atoms with E-state index in [0.717, 1.165) is 46.7 Å². The van der Waals surface area contributed by atoms with Crippen LogP contribution in [-0.2, 0) is 19.4 Å². The molecule has 1 unspecified atom stereocenters. The van der Waals surface area contributed by atoms with Crippen molar-refractivity contribution in [2.75, 3.05) is 13.7 Å². The highest BCUT2D eigenvalue weighted by Crippen LogP contribution is 2.40. The van der Waals surface area contributed by atoms with Crippen LogP contribution in [0, 0.1) is 0 Å². The van der Waals surface area contributed by atoms with E-state index >= 15 is 0 Å². The first-order valence-corrected chi connectivity index (χ1v) is 11.3. The molecule has 0 amide bonds. The fourth-order valence-electron chi connectivity index (χ4n) is 4.33. The van der Waals surface area contributed by atoms with Crippen LogP contribution in [0.15, 0.2) is 48.5 Å². The van der Waals surface area contributed by atoms with E-state index in [1.165, 1.54) is 23.1 Å². The van der Waals surface area contributed by atoms with Gasteiger partial charge < -0.3 is 15.2 Å². The van der Waals surface area contributed by atoms with Gasteiger partial charge in [0.05, 0.1) is 24.4 Å². The summed E-state index contributed by atoms with van der Waals surface area (Å²) in [5.74, 6) is 0.569. The lowest BCUT2D eigenvalue weighted by atomic mass is 9.95. The Labute approximate surface area is 189 Å². The summed E-state index contributed by atoms with van der Waals surface area (Å²) >= 11 is 6.93. The third kappa shape index (κ3) is 4.47. The zero-order valence-corrected chi connectivity index (χ0v) is 18.9. The molecule has 0 radical (unpaired) electrons. The maximum absolute atomic E-state index is 9.41. The van der Waals surface area contributed by atoms with Crippen molar-refractivity contribution < 1.29 is 9.84 Å². The molecular formula is C26H29ClN2O2. The third-order valence-corrected chi connectivity index (χ3v) is 6.54. The fourth-order valence-corrected chi connectivity index (χ4v) is 4.66. The Morgan fingerprint density at radius 2 is 1.84 bits per heavy atom. The summed E-state index contributed by atoms with van der Waals surface area (Å²) in [5, 5.41) is 13.5. The summed E-state index contributed by atoms with van der Waals surface area (Å²) in [6.45, 7) is 2.74. The number of aryl methyl sites for hydroxylation is 1. The molecule has 1 aromatic heterocycles. The average molecular weight is 437 g/mol. The van der Waals surface area contributed by atoms with Gasteiger partial charge in [-0.15, -0.1) is 0 Å². The smallest absolute Gasteiger partial charge is 0.218 e. The van der Waals surface area contributed by atoms with Gasteiger partial charge in [0, 0.05) is 29.3 Å². The second-order valence-corrected chi connectivity index (χ2v) is 8.38. The summed E-state index contributed by atoms with van der Waals surface area (Å²) in [4.78, 5) is 4.75. The average Bonchev–Trinajstić information content (AvgIpc) is 3.29. The molecule has 0 bridgehead atoms. The summed E-state index contributed by atoms with van der Waals surface area (Å²) in [6.07, 6.45) is 4.30. The van der Waals surface area contributed by atoms with Crippen LogP contribution in [0.25, 0.3) is 22.4 Å². The number of rotatable bonds is 8. The Balaban J connectivity index is 1.68. The molecule has 162 valence electrons. The van der Waals surface area contributed by atoms with Gasteiger partial charge in [0.1, 0.15) is 0 Å². The summed E-state index contributed by atoms with van der Waals surface area (Å²) in [5.41, 5.74) is 7.77. The van der Waals surface area contributed by atoms with Crippen molar-refractivity contribution in [1.29, 1.82) is 0 Å². The highest BCUT2D eigenvalue weighted by Gasteiger charge is 2.19. The minimum Gasteiger partial charge on any atom is -0.481 e. The zero-order valence-electron chi connectivity index (χ0n) is 18.1. The van der Waals surface area contributed by atoms with Gasteiger partial charge in [-0.1, -0.05) is 61.0 Å². The molecule has 31 heavy (non-hydrogen) atoms. The van der Waals surface area contributed by atoms with Crippen LogP contribution in [0.5, 0.6) is 5.88 Å². The van der Waals surface area contributed by atoms with E-state index in [4.69, 9.17) is 21.3 Å². The number of aliphatic hydroxyl groups excluding tert-OH is 1. The fraction of sp³-hybridized carbons (Fsp3) is 0.346. The third-order valence-electron chi connectivity index (χ3n) is 6.14. The molecule has 4 rings (SSSR count). The van der Waals surface area contributed by atoms with E-state index in [1.807, 2.05) is 31.2 Å². The molecule has 0 spiro atoms. The number of fused-ring (bicyclic) bond motifs is 1. The number of benzene rings is 2. The van der Waals surface area contributed by atoms with Crippen LogP contribution in [0.4, 0.5) is 0 Å². The van der Waals surface area contributed by atoms with Gasteiger partial charge in [-0.3, -0.25) is 0 Å². The molecule has 1 aliphatic rings. The lowest BCUT2D eigenvalue weighted by Crippen LogP contribution is -2.31. The number of nitrogens with zero attached hydrogens (tertiary/aromatic N) is 1. The van der Waals surface area contributed by atoms with Crippen LogP contribution in [-0.4, -0.2) is 29.8 Å².